The van der Waals surface area contributed by atoms with E-state index in [2.05, 4.69) is 6.92 Å². The smallest absolute Gasteiger partial charge is 0.00773 e. The van der Waals surface area contributed by atoms with Crippen molar-refractivity contribution in [1.29, 1.82) is 0 Å². The Morgan fingerprint density at radius 2 is 1.17 bits per heavy atom. The van der Waals surface area contributed by atoms with E-state index in [9.17, 15) is 0 Å². The molecule has 0 saturated heterocycles. The summed E-state index contributed by atoms with van der Waals surface area (Å²) in [4.78, 5) is 0. The van der Waals surface area contributed by atoms with Crippen molar-refractivity contribution in [3.05, 3.63) is 0 Å². The molecular weight excluding hydrogens is 214 g/mol. The van der Waals surface area contributed by atoms with Gasteiger partial charge in [0.2, 0.25) is 0 Å². The van der Waals surface area contributed by atoms with E-state index < -0.39 is 0 Å². The van der Waals surface area contributed by atoms with Crippen molar-refractivity contribution >= 4 is 17.0 Å². The van der Waals surface area contributed by atoms with Crippen molar-refractivity contribution in [3.8, 4) is 0 Å². The first kappa shape index (κ1) is 14.9. The molecule has 2 N–H and O–H groups in total. The molecule has 0 atom stereocenters. The highest BCUT2D eigenvalue weighted by molar-refractivity contribution is 8.93. The Morgan fingerprint density at radius 1 is 0.750 bits per heavy atom. The van der Waals surface area contributed by atoms with Gasteiger partial charge in [0, 0.05) is 0 Å². The third-order valence-electron chi connectivity index (χ3n) is 2.06. The van der Waals surface area contributed by atoms with E-state index in [4.69, 9.17) is 5.73 Å². The Morgan fingerprint density at radius 3 is 1.58 bits per heavy atom. The summed E-state index contributed by atoms with van der Waals surface area (Å²) in [6.07, 6.45) is 11.0. The van der Waals surface area contributed by atoms with Crippen LogP contribution in [0, 0.1) is 0 Å². The van der Waals surface area contributed by atoms with Gasteiger partial charge in [-0.15, -0.1) is 17.0 Å². The lowest BCUT2D eigenvalue weighted by molar-refractivity contribution is 0.578. The summed E-state index contributed by atoms with van der Waals surface area (Å²) in [5.41, 5.74) is 5.39. The zero-order valence-electron chi connectivity index (χ0n) is 8.35. The Labute approximate surface area is 87.9 Å². The first-order valence-electron chi connectivity index (χ1n) is 5.12. The zero-order chi connectivity index (χ0) is 8.36. The quantitative estimate of drug-likeness (QED) is 0.641. The molecule has 0 spiro atoms. The molecule has 0 aliphatic carbocycles. The Hall–Kier alpha value is 0.440. The molecule has 0 rings (SSSR count). The van der Waals surface area contributed by atoms with Crippen molar-refractivity contribution < 1.29 is 0 Å². The monoisotopic (exact) mass is 237 g/mol. The third kappa shape index (κ3) is 13.1. The van der Waals surface area contributed by atoms with Gasteiger partial charge < -0.3 is 5.73 Å². The maximum absolute atomic E-state index is 5.39. The molecule has 0 amide bonds. The fraction of sp³-hybridized carbons (Fsp3) is 1.00. The number of hydrogen-bond donors (Lipinski definition) is 1. The van der Waals surface area contributed by atoms with Gasteiger partial charge in [-0.1, -0.05) is 51.9 Å². The third-order valence-corrected chi connectivity index (χ3v) is 2.06. The van der Waals surface area contributed by atoms with Crippen LogP contribution in [0.5, 0.6) is 0 Å². The molecule has 0 aliphatic heterocycles. The van der Waals surface area contributed by atoms with E-state index in [-0.39, 0.29) is 17.0 Å². The highest BCUT2D eigenvalue weighted by Gasteiger charge is 1.89. The minimum absolute atomic E-state index is 0. The average Bonchev–Trinajstić information content (AvgIpc) is 2.03. The van der Waals surface area contributed by atoms with Gasteiger partial charge in [0.1, 0.15) is 0 Å². The predicted molar refractivity (Wildman–Crippen MR) is 62.0 cm³/mol. The van der Waals surface area contributed by atoms with Crippen LogP contribution >= 0.6 is 17.0 Å². The molecule has 0 bridgehead atoms. The van der Waals surface area contributed by atoms with Crippen LogP contribution in [-0.4, -0.2) is 6.54 Å². The van der Waals surface area contributed by atoms with Gasteiger partial charge in [0.25, 0.3) is 0 Å². The van der Waals surface area contributed by atoms with Crippen molar-refractivity contribution in [1.82, 2.24) is 0 Å². The van der Waals surface area contributed by atoms with Gasteiger partial charge in [0.05, 0.1) is 0 Å². The molecule has 0 aliphatic rings. The van der Waals surface area contributed by atoms with E-state index in [1.54, 1.807) is 0 Å². The lowest BCUT2D eigenvalue weighted by atomic mass is 10.1. The van der Waals surface area contributed by atoms with E-state index in [0.717, 1.165) is 6.54 Å². The highest BCUT2D eigenvalue weighted by atomic mass is 79.9. The highest BCUT2D eigenvalue weighted by Crippen LogP contribution is 2.07. The number of unbranched alkanes of at least 4 members (excludes halogenated alkanes) is 7. The van der Waals surface area contributed by atoms with E-state index >= 15 is 0 Å². The fourth-order valence-corrected chi connectivity index (χ4v) is 1.28. The van der Waals surface area contributed by atoms with Gasteiger partial charge in [-0.2, -0.15) is 0 Å². The average molecular weight is 238 g/mol. The second-order valence-electron chi connectivity index (χ2n) is 3.26. The molecule has 1 nitrogen and oxygen atoms in total. The summed E-state index contributed by atoms with van der Waals surface area (Å²) in [6, 6.07) is 0. The predicted octanol–water partition coefficient (Wildman–Crippen LogP) is 3.66. The number of nitrogens with two attached hydrogens (primary N) is 1. The molecule has 76 valence electrons. The van der Waals surface area contributed by atoms with Gasteiger partial charge in [0.15, 0.2) is 0 Å². The SMILES string of the molecule is Br.CCCCCCCCCCN. The van der Waals surface area contributed by atoms with E-state index in [1.165, 1.54) is 51.4 Å². The van der Waals surface area contributed by atoms with Crippen LogP contribution in [0.4, 0.5) is 0 Å². The largest absolute Gasteiger partial charge is 0.330 e. The fourth-order valence-electron chi connectivity index (χ4n) is 1.28. The van der Waals surface area contributed by atoms with Crippen LogP contribution in [0.2, 0.25) is 0 Å². The minimum Gasteiger partial charge on any atom is -0.330 e. The lowest BCUT2D eigenvalue weighted by Gasteiger charge is -1.99. The molecule has 0 heterocycles. The molecule has 12 heavy (non-hydrogen) atoms. The van der Waals surface area contributed by atoms with Crippen molar-refractivity contribution in [2.45, 2.75) is 58.3 Å². The van der Waals surface area contributed by atoms with Gasteiger partial charge in [-0.25, -0.2) is 0 Å². The molecule has 0 saturated carbocycles. The van der Waals surface area contributed by atoms with Crippen molar-refractivity contribution in [2.75, 3.05) is 6.54 Å². The standard InChI is InChI=1S/C10H23N.BrH/c1-2-3-4-5-6-7-8-9-10-11;/h2-11H2,1H3;1H. The normalized spacial score (nSPS) is 9.50. The molecule has 0 aromatic heterocycles. The number of hydrogen-bond acceptors (Lipinski definition) is 1. The van der Waals surface area contributed by atoms with Gasteiger partial charge >= 0.3 is 0 Å². The molecule has 0 unspecified atom stereocenters. The summed E-state index contributed by atoms with van der Waals surface area (Å²) >= 11 is 0. The maximum Gasteiger partial charge on any atom is -0.00773 e. The van der Waals surface area contributed by atoms with Crippen LogP contribution in [0.25, 0.3) is 0 Å². The van der Waals surface area contributed by atoms with Crippen LogP contribution in [0.1, 0.15) is 58.3 Å². The Kier molecular flexibility index (Phi) is 17.4. The number of rotatable bonds is 8. The second kappa shape index (κ2) is 14.0. The zero-order valence-corrected chi connectivity index (χ0v) is 10.1. The number of halogens is 1. The van der Waals surface area contributed by atoms with Crippen molar-refractivity contribution in [3.63, 3.8) is 0 Å². The molecule has 2 heteroatoms. The Balaban J connectivity index is 0. The topological polar surface area (TPSA) is 26.0 Å². The molecule has 0 radical (unpaired) electrons. The lowest BCUT2D eigenvalue weighted by Crippen LogP contribution is -1.97. The summed E-state index contributed by atoms with van der Waals surface area (Å²) in [7, 11) is 0. The molecule has 0 aromatic rings. The Bertz CT molecular complexity index is 58.9. The van der Waals surface area contributed by atoms with Crippen LogP contribution in [-0.2, 0) is 0 Å². The van der Waals surface area contributed by atoms with Crippen LogP contribution < -0.4 is 5.73 Å². The summed E-state index contributed by atoms with van der Waals surface area (Å²) in [6.45, 7) is 3.13. The molecule has 0 fully saturated rings. The maximum atomic E-state index is 5.39. The van der Waals surface area contributed by atoms with Crippen molar-refractivity contribution in [2.24, 2.45) is 5.73 Å². The molecular formula is C10H24BrN. The van der Waals surface area contributed by atoms with Crippen LogP contribution in [0.15, 0.2) is 0 Å². The first-order chi connectivity index (χ1) is 5.41. The molecule has 0 aromatic carbocycles. The summed E-state index contributed by atoms with van der Waals surface area (Å²) in [5, 5.41) is 0. The summed E-state index contributed by atoms with van der Waals surface area (Å²) < 4.78 is 0. The van der Waals surface area contributed by atoms with Gasteiger partial charge in [-0.05, 0) is 13.0 Å². The minimum atomic E-state index is 0. The first-order valence-corrected chi connectivity index (χ1v) is 5.12. The van der Waals surface area contributed by atoms with E-state index in [1.807, 2.05) is 0 Å². The van der Waals surface area contributed by atoms with Gasteiger partial charge in [-0.3, -0.25) is 0 Å². The second-order valence-corrected chi connectivity index (χ2v) is 3.26. The summed E-state index contributed by atoms with van der Waals surface area (Å²) in [5.74, 6) is 0. The van der Waals surface area contributed by atoms with E-state index in [0.29, 0.717) is 0 Å². The van der Waals surface area contributed by atoms with Crippen LogP contribution in [0.3, 0.4) is 0 Å².